The van der Waals surface area contributed by atoms with E-state index in [1.54, 1.807) is 6.07 Å². The highest BCUT2D eigenvalue weighted by atomic mass is 19.3. The normalized spacial score (nSPS) is 22.7. The minimum Gasteiger partial charge on any atom is -0.395 e. The highest BCUT2D eigenvalue weighted by molar-refractivity contribution is 5.79. The van der Waals surface area contributed by atoms with Gasteiger partial charge in [0.05, 0.1) is 0 Å². The van der Waals surface area contributed by atoms with E-state index in [1.165, 1.54) is 12.1 Å². The number of benzene rings is 1. The van der Waals surface area contributed by atoms with Crippen LogP contribution in [0.1, 0.15) is 18.4 Å². The Morgan fingerprint density at radius 2 is 1.82 bits per heavy atom. The molecule has 0 aromatic heterocycles. The third kappa shape index (κ3) is 4.44. The van der Waals surface area contributed by atoms with Gasteiger partial charge in [-0.15, -0.1) is 8.78 Å². The second-order valence-electron chi connectivity index (χ2n) is 7.29. The van der Waals surface area contributed by atoms with Gasteiger partial charge < -0.3 is 19.1 Å². The van der Waals surface area contributed by atoms with E-state index in [9.17, 15) is 13.6 Å². The van der Waals surface area contributed by atoms with E-state index in [0.717, 1.165) is 51.1 Å². The molecule has 2 fully saturated rings. The number of carbonyl (C=O) groups is 1. The first-order chi connectivity index (χ1) is 13.5. The molecule has 1 amide bonds. The van der Waals surface area contributed by atoms with E-state index in [1.807, 2.05) is 17.1 Å². The summed E-state index contributed by atoms with van der Waals surface area (Å²) in [6, 6.07) is 4.73. The zero-order valence-electron chi connectivity index (χ0n) is 15.6. The Morgan fingerprint density at radius 1 is 1.11 bits per heavy atom. The molecule has 1 aromatic rings. The average Bonchev–Trinajstić information content (AvgIpc) is 3.02. The molecule has 0 unspecified atom stereocenters. The summed E-state index contributed by atoms with van der Waals surface area (Å²) in [5, 5.41) is 0. The molecular formula is C20H24F2N2O4. The summed E-state index contributed by atoms with van der Waals surface area (Å²) >= 11 is 0. The van der Waals surface area contributed by atoms with Crippen LogP contribution < -0.4 is 9.47 Å². The second-order valence-corrected chi connectivity index (χ2v) is 7.29. The molecule has 6 nitrogen and oxygen atoms in total. The SMILES string of the molecule is O=C(C1CCOCC1)N1CCN(C/C=C/c2ccc3c(c2)OC(F)(F)O3)CC1. The molecule has 0 radical (unpaired) electrons. The summed E-state index contributed by atoms with van der Waals surface area (Å²) in [6.45, 7) is 5.23. The van der Waals surface area contributed by atoms with Crippen molar-refractivity contribution >= 4 is 12.0 Å². The number of hydrogen-bond donors (Lipinski definition) is 0. The number of piperazine rings is 1. The van der Waals surface area contributed by atoms with Crippen LogP contribution in [0.15, 0.2) is 24.3 Å². The van der Waals surface area contributed by atoms with Crippen LogP contribution in [-0.4, -0.2) is 67.9 Å². The zero-order valence-corrected chi connectivity index (χ0v) is 15.6. The van der Waals surface area contributed by atoms with Gasteiger partial charge in [-0.25, -0.2) is 0 Å². The summed E-state index contributed by atoms with van der Waals surface area (Å²) in [7, 11) is 0. The fourth-order valence-corrected chi connectivity index (χ4v) is 3.76. The first-order valence-electron chi connectivity index (χ1n) is 9.65. The number of amides is 1. The summed E-state index contributed by atoms with van der Waals surface area (Å²) in [6.07, 6.45) is 1.92. The molecule has 3 aliphatic heterocycles. The molecule has 152 valence electrons. The van der Waals surface area contributed by atoms with Gasteiger partial charge in [0, 0.05) is 51.9 Å². The number of hydrogen-bond acceptors (Lipinski definition) is 5. The van der Waals surface area contributed by atoms with Gasteiger partial charge in [0.25, 0.3) is 0 Å². The largest absolute Gasteiger partial charge is 0.586 e. The number of halogens is 2. The topological polar surface area (TPSA) is 51.2 Å². The van der Waals surface area contributed by atoms with Crippen molar-refractivity contribution in [1.29, 1.82) is 0 Å². The summed E-state index contributed by atoms with van der Waals surface area (Å²) in [5.74, 6) is 0.467. The first kappa shape index (κ1) is 19.1. The number of alkyl halides is 2. The molecular weight excluding hydrogens is 370 g/mol. The molecule has 0 bridgehead atoms. The van der Waals surface area contributed by atoms with E-state index in [-0.39, 0.29) is 23.3 Å². The third-order valence-electron chi connectivity index (χ3n) is 5.35. The molecule has 8 heteroatoms. The Bertz CT molecular complexity index is 742. The molecule has 0 atom stereocenters. The van der Waals surface area contributed by atoms with Crippen LogP contribution in [0.4, 0.5) is 8.78 Å². The van der Waals surface area contributed by atoms with Crippen LogP contribution in [0.3, 0.4) is 0 Å². The number of fused-ring (bicyclic) bond motifs is 1. The Hall–Kier alpha value is -2.19. The monoisotopic (exact) mass is 394 g/mol. The van der Waals surface area contributed by atoms with Gasteiger partial charge in [0.1, 0.15) is 0 Å². The van der Waals surface area contributed by atoms with Gasteiger partial charge >= 0.3 is 6.29 Å². The number of ether oxygens (including phenoxy) is 3. The van der Waals surface area contributed by atoms with Gasteiger partial charge in [0.2, 0.25) is 5.91 Å². The van der Waals surface area contributed by atoms with Crippen LogP contribution in [0, 0.1) is 5.92 Å². The van der Waals surface area contributed by atoms with Crippen LogP contribution in [-0.2, 0) is 9.53 Å². The van der Waals surface area contributed by atoms with Crippen LogP contribution in [0.2, 0.25) is 0 Å². The van der Waals surface area contributed by atoms with Gasteiger partial charge in [-0.2, -0.15) is 0 Å². The molecule has 4 rings (SSSR count). The van der Waals surface area contributed by atoms with E-state index < -0.39 is 6.29 Å². The Balaban J connectivity index is 1.24. The van der Waals surface area contributed by atoms with E-state index in [2.05, 4.69) is 14.4 Å². The van der Waals surface area contributed by atoms with Crippen molar-refractivity contribution in [3.8, 4) is 11.5 Å². The Kier molecular flexibility index (Phi) is 5.50. The Labute approximate surface area is 162 Å². The lowest BCUT2D eigenvalue weighted by Gasteiger charge is -2.36. The molecule has 3 aliphatic rings. The molecule has 2 saturated heterocycles. The number of nitrogens with zero attached hydrogens (tertiary/aromatic N) is 2. The molecule has 0 spiro atoms. The standard InChI is InChI=1S/C20H24F2N2O4/c21-20(22)27-17-4-3-15(14-18(17)28-20)2-1-7-23-8-10-24(11-9-23)19(25)16-5-12-26-13-6-16/h1-4,14,16H,5-13H2/b2-1+. The summed E-state index contributed by atoms with van der Waals surface area (Å²) in [5.41, 5.74) is 0.772. The van der Waals surface area contributed by atoms with Gasteiger partial charge in [-0.3, -0.25) is 9.69 Å². The predicted octanol–water partition coefficient (Wildman–Crippen LogP) is 2.59. The summed E-state index contributed by atoms with van der Waals surface area (Å²) in [4.78, 5) is 16.8. The fourth-order valence-electron chi connectivity index (χ4n) is 3.76. The molecule has 0 saturated carbocycles. The van der Waals surface area contributed by atoms with Crippen molar-refractivity contribution in [3.05, 3.63) is 29.8 Å². The van der Waals surface area contributed by atoms with Crippen molar-refractivity contribution in [1.82, 2.24) is 9.80 Å². The quantitative estimate of drug-likeness (QED) is 0.786. The Morgan fingerprint density at radius 3 is 2.57 bits per heavy atom. The number of carbonyl (C=O) groups excluding carboxylic acids is 1. The van der Waals surface area contributed by atoms with E-state index >= 15 is 0 Å². The first-order valence-corrected chi connectivity index (χ1v) is 9.65. The lowest BCUT2D eigenvalue weighted by Crippen LogP contribution is -2.50. The highest BCUT2D eigenvalue weighted by Crippen LogP contribution is 2.41. The van der Waals surface area contributed by atoms with E-state index in [0.29, 0.717) is 13.2 Å². The average molecular weight is 394 g/mol. The number of rotatable bonds is 4. The van der Waals surface area contributed by atoms with Crippen molar-refractivity contribution in [2.75, 3.05) is 45.9 Å². The van der Waals surface area contributed by atoms with Gasteiger partial charge in [-0.05, 0) is 30.5 Å². The van der Waals surface area contributed by atoms with Crippen molar-refractivity contribution < 1.29 is 27.8 Å². The van der Waals surface area contributed by atoms with Crippen LogP contribution >= 0.6 is 0 Å². The molecule has 1 aromatic carbocycles. The van der Waals surface area contributed by atoms with Crippen molar-refractivity contribution in [2.24, 2.45) is 5.92 Å². The zero-order chi connectivity index (χ0) is 19.6. The highest BCUT2D eigenvalue weighted by Gasteiger charge is 2.43. The smallest absolute Gasteiger partial charge is 0.395 e. The van der Waals surface area contributed by atoms with Gasteiger partial charge in [0.15, 0.2) is 11.5 Å². The van der Waals surface area contributed by atoms with Crippen LogP contribution in [0.5, 0.6) is 11.5 Å². The maximum Gasteiger partial charge on any atom is 0.586 e. The maximum absolute atomic E-state index is 13.1. The minimum absolute atomic E-state index is 0.0485. The van der Waals surface area contributed by atoms with Crippen LogP contribution in [0.25, 0.3) is 6.08 Å². The van der Waals surface area contributed by atoms with E-state index in [4.69, 9.17) is 4.74 Å². The third-order valence-corrected chi connectivity index (χ3v) is 5.35. The lowest BCUT2D eigenvalue weighted by molar-refractivity contribution is -0.286. The predicted molar refractivity (Wildman–Crippen MR) is 98.2 cm³/mol. The van der Waals surface area contributed by atoms with Gasteiger partial charge in [-0.1, -0.05) is 18.2 Å². The molecule has 3 heterocycles. The molecule has 0 N–H and O–H groups in total. The molecule has 0 aliphatic carbocycles. The lowest BCUT2D eigenvalue weighted by atomic mass is 9.98. The fraction of sp³-hybridized carbons (Fsp3) is 0.550. The summed E-state index contributed by atoms with van der Waals surface area (Å²) < 4.78 is 40.3. The van der Waals surface area contributed by atoms with Crippen molar-refractivity contribution in [2.45, 2.75) is 19.1 Å². The molecule has 28 heavy (non-hydrogen) atoms. The van der Waals surface area contributed by atoms with Crippen molar-refractivity contribution in [3.63, 3.8) is 0 Å². The second kappa shape index (κ2) is 8.05. The minimum atomic E-state index is -3.59. The maximum atomic E-state index is 13.1.